The molecule has 3 aromatic rings. The van der Waals surface area contributed by atoms with Crippen molar-refractivity contribution in [2.75, 3.05) is 17.4 Å². The molecule has 2 amide bonds. The van der Waals surface area contributed by atoms with Gasteiger partial charge in [-0.15, -0.1) is 0 Å². The van der Waals surface area contributed by atoms with Gasteiger partial charge in [-0.05, 0) is 48.7 Å². The number of hydrogen-bond acceptors (Lipinski definition) is 4. The maximum absolute atomic E-state index is 14.0. The van der Waals surface area contributed by atoms with Gasteiger partial charge in [0.25, 0.3) is 10.0 Å². The van der Waals surface area contributed by atoms with Crippen molar-refractivity contribution in [3.63, 3.8) is 0 Å². The van der Waals surface area contributed by atoms with Crippen LogP contribution in [0.25, 0.3) is 0 Å². The van der Waals surface area contributed by atoms with Crippen molar-refractivity contribution in [1.29, 1.82) is 0 Å². The van der Waals surface area contributed by atoms with E-state index in [4.69, 9.17) is 23.2 Å². The molecule has 0 fully saturated rings. The van der Waals surface area contributed by atoms with E-state index < -0.39 is 28.5 Å². The molecule has 1 atom stereocenters. The molecule has 3 rings (SSSR count). The number of rotatable bonds is 12. The predicted molar refractivity (Wildman–Crippen MR) is 156 cm³/mol. The van der Waals surface area contributed by atoms with Gasteiger partial charge in [-0.3, -0.25) is 13.9 Å². The molecule has 0 heterocycles. The van der Waals surface area contributed by atoms with Crippen LogP contribution in [0.2, 0.25) is 10.0 Å². The summed E-state index contributed by atoms with van der Waals surface area (Å²) < 4.78 is 28.5. The van der Waals surface area contributed by atoms with Crippen molar-refractivity contribution >= 4 is 50.7 Å². The smallest absolute Gasteiger partial charge is 0.264 e. The van der Waals surface area contributed by atoms with E-state index in [9.17, 15) is 18.0 Å². The first-order chi connectivity index (χ1) is 18.6. The van der Waals surface area contributed by atoms with Gasteiger partial charge < -0.3 is 10.2 Å². The molecule has 7 nitrogen and oxygen atoms in total. The van der Waals surface area contributed by atoms with Crippen LogP contribution in [0.1, 0.15) is 32.8 Å². The molecule has 0 aliphatic carbocycles. The van der Waals surface area contributed by atoms with Gasteiger partial charge in [0.15, 0.2) is 0 Å². The van der Waals surface area contributed by atoms with E-state index in [2.05, 4.69) is 5.32 Å². The number of benzene rings is 3. The standard InChI is InChI=1S/C29H33Cl2N3O4S/c1-4-27(29(36)32-18-21(2)3)33(19-24-25(30)16-11-17-26(24)31)28(35)20-34(22-12-7-5-8-13-22)39(37,38)23-14-9-6-10-15-23/h5-17,21,27H,4,18-20H2,1-3H3,(H,32,36)/t27-/m1/s1. The molecular formula is C29H33Cl2N3O4S. The van der Waals surface area contributed by atoms with Crippen LogP contribution in [0.5, 0.6) is 0 Å². The third-order valence-electron chi connectivity index (χ3n) is 6.11. The fourth-order valence-corrected chi connectivity index (χ4v) is 5.99. The normalized spacial score (nSPS) is 12.2. The van der Waals surface area contributed by atoms with Gasteiger partial charge >= 0.3 is 0 Å². The van der Waals surface area contributed by atoms with Crippen molar-refractivity contribution in [1.82, 2.24) is 10.2 Å². The molecule has 0 spiro atoms. The summed E-state index contributed by atoms with van der Waals surface area (Å²) in [6, 6.07) is 20.4. The molecular weight excluding hydrogens is 557 g/mol. The van der Waals surface area contributed by atoms with Crippen LogP contribution >= 0.6 is 23.2 Å². The molecule has 1 N–H and O–H groups in total. The average molecular weight is 591 g/mol. The number of nitrogens with zero attached hydrogens (tertiary/aromatic N) is 2. The number of amides is 2. The first-order valence-electron chi connectivity index (χ1n) is 12.7. The zero-order chi connectivity index (χ0) is 28.6. The summed E-state index contributed by atoms with van der Waals surface area (Å²) in [5.41, 5.74) is 0.796. The highest BCUT2D eigenvalue weighted by molar-refractivity contribution is 7.92. The van der Waals surface area contributed by atoms with Crippen molar-refractivity contribution in [2.24, 2.45) is 5.92 Å². The van der Waals surface area contributed by atoms with Gasteiger partial charge in [0.2, 0.25) is 11.8 Å². The number of halogens is 2. The first kappa shape index (κ1) is 30.5. The molecule has 0 aromatic heterocycles. The van der Waals surface area contributed by atoms with E-state index in [0.717, 1.165) is 4.31 Å². The minimum atomic E-state index is -4.11. The van der Waals surface area contributed by atoms with E-state index in [-0.39, 0.29) is 23.3 Å². The third kappa shape index (κ3) is 7.75. The van der Waals surface area contributed by atoms with Crippen LogP contribution in [-0.2, 0) is 26.2 Å². The van der Waals surface area contributed by atoms with Crippen LogP contribution in [0.3, 0.4) is 0 Å². The lowest BCUT2D eigenvalue weighted by atomic mass is 10.1. The number of nitrogens with one attached hydrogen (secondary N) is 1. The summed E-state index contributed by atoms with van der Waals surface area (Å²) in [4.78, 5) is 28.7. The Hall–Kier alpha value is -3.07. The third-order valence-corrected chi connectivity index (χ3v) is 8.61. The van der Waals surface area contributed by atoms with E-state index in [0.29, 0.717) is 34.3 Å². The van der Waals surface area contributed by atoms with Crippen LogP contribution in [-0.4, -0.2) is 44.3 Å². The van der Waals surface area contributed by atoms with Gasteiger partial charge in [0, 0.05) is 28.7 Å². The van der Waals surface area contributed by atoms with E-state index in [1.54, 1.807) is 73.7 Å². The van der Waals surface area contributed by atoms with Crippen LogP contribution in [0.15, 0.2) is 83.8 Å². The van der Waals surface area contributed by atoms with Crippen LogP contribution in [0, 0.1) is 5.92 Å². The maximum Gasteiger partial charge on any atom is 0.264 e. The van der Waals surface area contributed by atoms with E-state index >= 15 is 0 Å². The summed E-state index contributed by atoms with van der Waals surface area (Å²) in [6.07, 6.45) is 0.300. The Morgan fingerprint density at radius 1 is 0.872 bits per heavy atom. The Labute approximate surface area is 240 Å². The summed E-state index contributed by atoms with van der Waals surface area (Å²) in [5, 5.41) is 3.58. The Morgan fingerprint density at radius 2 is 1.44 bits per heavy atom. The molecule has 0 bridgehead atoms. The SMILES string of the molecule is CC[C@H](C(=O)NCC(C)C)N(Cc1c(Cl)cccc1Cl)C(=O)CN(c1ccccc1)S(=O)(=O)c1ccccc1. The lowest BCUT2D eigenvalue weighted by Gasteiger charge is -2.33. The predicted octanol–water partition coefficient (Wildman–Crippen LogP) is 5.77. The topological polar surface area (TPSA) is 86.8 Å². The molecule has 0 radical (unpaired) electrons. The molecule has 0 saturated heterocycles. The van der Waals surface area contributed by atoms with Gasteiger partial charge in [-0.1, -0.05) is 86.4 Å². The second-order valence-electron chi connectivity index (χ2n) is 9.45. The van der Waals surface area contributed by atoms with Crippen molar-refractivity contribution in [3.05, 3.63) is 94.5 Å². The lowest BCUT2D eigenvalue weighted by molar-refractivity contribution is -0.140. The number of anilines is 1. The Kier molecular flexibility index (Phi) is 10.8. The fourth-order valence-electron chi connectivity index (χ4n) is 4.04. The van der Waals surface area contributed by atoms with Gasteiger partial charge in [0.1, 0.15) is 12.6 Å². The lowest BCUT2D eigenvalue weighted by Crippen LogP contribution is -2.52. The number of carbonyl (C=O) groups excluding carboxylic acids is 2. The van der Waals surface area contributed by atoms with Gasteiger partial charge in [-0.2, -0.15) is 0 Å². The molecule has 0 saturated carbocycles. The number of hydrogen-bond donors (Lipinski definition) is 1. The molecule has 3 aromatic carbocycles. The fraction of sp³-hybridized carbons (Fsp3) is 0.310. The largest absolute Gasteiger partial charge is 0.354 e. The quantitative estimate of drug-likeness (QED) is 0.290. The summed E-state index contributed by atoms with van der Waals surface area (Å²) in [6.45, 7) is 5.57. The minimum Gasteiger partial charge on any atom is -0.354 e. The Bertz CT molecular complexity index is 1350. The molecule has 0 unspecified atom stereocenters. The second kappa shape index (κ2) is 13.8. The number of para-hydroxylation sites is 1. The summed E-state index contributed by atoms with van der Waals surface area (Å²) >= 11 is 12.9. The number of sulfonamides is 1. The zero-order valence-corrected chi connectivity index (χ0v) is 24.5. The number of carbonyl (C=O) groups is 2. The van der Waals surface area contributed by atoms with Gasteiger partial charge in [-0.25, -0.2) is 8.42 Å². The van der Waals surface area contributed by atoms with Crippen LogP contribution < -0.4 is 9.62 Å². The molecule has 39 heavy (non-hydrogen) atoms. The Morgan fingerprint density at radius 3 is 1.97 bits per heavy atom. The molecule has 10 heteroatoms. The maximum atomic E-state index is 14.0. The van der Waals surface area contributed by atoms with Gasteiger partial charge in [0.05, 0.1) is 10.6 Å². The second-order valence-corrected chi connectivity index (χ2v) is 12.1. The van der Waals surface area contributed by atoms with E-state index in [1.807, 2.05) is 13.8 Å². The molecule has 0 aliphatic rings. The highest BCUT2D eigenvalue weighted by atomic mass is 35.5. The Balaban J connectivity index is 2.05. The highest BCUT2D eigenvalue weighted by Crippen LogP contribution is 2.28. The first-order valence-corrected chi connectivity index (χ1v) is 14.9. The van der Waals surface area contributed by atoms with E-state index in [1.165, 1.54) is 17.0 Å². The highest BCUT2D eigenvalue weighted by Gasteiger charge is 2.34. The van der Waals surface area contributed by atoms with Crippen molar-refractivity contribution in [3.8, 4) is 0 Å². The molecule has 0 aliphatic heterocycles. The monoisotopic (exact) mass is 589 g/mol. The average Bonchev–Trinajstić information content (AvgIpc) is 2.92. The summed E-state index contributed by atoms with van der Waals surface area (Å²) in [5.74, 6) is -0.695. The van der Waals surface area contributed by atoms with Crippen molar-refractivity contribution in [2.45, 2.75) is 44.7 Å². The summed E-state index contributed by atoms with van der Waals surface area (Å²) in [7, 11) is -4.11. The van der Waals surface area contributed by atoms with Crippen molar-refractivity contribution < 1.29 is 18.0 Å². The minimum absolute atomic E-state index is 0.0454. The van der Waals surface area contributed by atoms with Crippen LogP contribution in [0.4, 0.5) is 5.69 Å². The molecule has 208 valence electrons. The zero-order valence-electron chi connectivity index (χ0n) is 22.2.